The van der Waals surface area contributed by atoms with Gasteiger partial charge in [-0.15, -0.1) is 0 Å². The van der Waals surface area contributed by atoms with Gasteiger partial charge in [0.2, 0.25) is 5.95 Å². The predicted octanol–water partition coefficient (Wildman–Crippen LogP) is 3.88. The molecule has 188 valence electrons. The molecule has 0 spiro atoms. The van der Waals surface area contributed by atoms with Gasteiger partial charge in [-0.05, 0) is 50.7 Å². The highest BCUT2D eigenvalue weighted by atomic mass is 35.5. The van der Waals surface area contributed by atoms with Crippen molar-refractivity contribution in [1.29, 1.82) is 5.26 Å². The Balaban J connectivity index is 1.38. The number of aromatic nitrogens is 3. The molecule has 2 aliphatic rings. The summed E-state index contributed by atoms with van der Waals surface area (Å²) < 4.78 is 10.5. The van der Waals surface area contributed by atoms with Gasteiger partial charge in [0.15, 0.2) is 0 Å². The van der Waals surface area contributed by atoms with Crippen LogP contribution in [0.3, 0.4) is 0 Å². The maximum absolute atomic E-state index is 9.69. The van der Waals surface area contributed by atoms with Gasteiger partial charge >= 0.3 is 0 Å². The summed E-state index contributed by atoms with van der Waals surface area (Å²) in [7, 11) is 1.73. The Morgan fingerprint density at radius 2 is 1.97 bits per heavy atom. The molecule has 1 aliphatic heterocycles. The molecule has 0 amide bonds. The minimum Gasteiger partial charge on any atom is -0.383 e. The number of halogens is 1. The summed E-state index contributed by atoms with van der Waals surface area (Å²) in [6.45, 7) is 3.32. The minimum absolute atomic E-state index is 0.376. The van der Waals surface area contributed by atoms with Crippen LogP contribution in [0.25, 0.3) is 11.3 Å². The van der Waals surface area contributed by atoms with E-state index in [1.165, 1.54) is 0 Å². The van der Waals surface area contributed by atoms with E-state index in [1.807, 2.05) is 12.1 Å². The number of hydrogen-bond donors (Lipinski definition) is 3. The number of anilines is 2. The molecule has 0 aromatic carbocycles. The van der Waals surface area contributed by atoms with Crippen molar-refractivity contribution in [2.24, 2.45) is 5.41 Å². The molecule has 0 radical (unpaired) electrons. The van der Waals surface area contributed by atoms with E-state index in [4.69, 9.17) is 21.1 Å². The van der Waals surface area contributed by atoms with Gasteiger partial charge in [-0.1, -0.05) is 11.6 Å². The molecule has 2 aromatic heterocycles. The molecule has 0 atom stereocenters. The van der Waals surface area contributed by atoms with Crippen LogP contribution in [0, 0.1) is 16.7 Å². The molecule has 4 rings (SSSR count). The van der Waals surface area contributed by atoms with E-state index < -0.39 is 5.41 Å². The number of rotatable bonds is 10. The van der Waals surface area contributed by atoms with Crippen molar-refractivity contribution in [2.75, 3.05) is 50.7 Å². The fourth-order valence-electron chi connectivity index (χ4n) is 4.66. The van der Waals surface area contributed by atoms with Crippen LogP contribution >= 0.6 is 11.6 Å². The van der Waals surface area contributed by atoms with Gasteiger partial charge in [0, 0.05) is 63.5 Å². The standard InChI is InChI=1S/C25H34ClN7O2/c1-34-13-10-28-18-2-4-19(5-3-18)32-23-14-20(21(26)15-30-23)22-6-9-29-24(33-22)31-17-25(16-27)7-11-35-12-8-25/h6,9,14-15,18-19,28H,2-5,7-8,10-13,17H2,1H3,(H,30,32)(H,29,31,33)/t18-,19-. The zero-order chi connectivity index (χ0) is 24.5. The van der Waals surface area contributed by atoms with Gasteiger partial charge in [-0.2, -0.15) is 5.26 Å². The number of nitrogens with one attached hydrogen (secondary N) is 3. The molecule has 1 saturated heterocycles. The largest absolute Gasteiger partial charge is 0.383 e. The van der Waals surface area contributed by atoms with Gasteiger partial charge in [0.05, 0.1) is 28.8 Å². The molecule has 1 saturated carbocycles. The Bertz CT molecular complexity index is 1000. The minimum atomic E-state index is -0.457. The van der Waals surface area contributed by atoms with Crippen LogP contribution in [-0.2, 0) is 9.47 Å². The smallest absolute Gasteiger partial charge is 0.223 e. The fourth-order valence-corrected chi connectivity index (χ4v) is 4.86. The van der Waals surface area contributed by atoms with Crippen molar-refractivity contribution < 1.29 is 9.47 Å². The molecule has 0 bridgehead atoms. The highest BCUT2D eigenvalue weighted by molar-refractivity contribution is 6.33. The van der Waals surface area contributed by atoms with E-state index in [0.717, 1.165) is 50.2 Å². The molecule has 2 fully saturated rings. The van der Waals surface area contributed by atoms with Crippen LogP contribution in [-0.4, -0.2) is 67.1 Å². The zero-order valence-corrected chi connectivity index (χ0v) is 21.0. The average molecular weight is 500 g/mol. The summed E-state index contributed by atoms with van der Waals surface area (Å²) >= 11 is 6.50. The van der Waals surface area contributed by atoms with Crippen molar-refractivity contribution in [1.82, 2.24) is 20.3 Å². The second-order valence-corrected chi connectivity index (χ2v) is 9.72. The summed E-state index contributed by atoms with van der Waals surface area (Å²) in [4.78, 5) is 13.5. The van der Waals surface area contributed by atoms with Gasteiger partial charge < -0.3 is 25.4 Å². The second-order valence-electron chi connectivity index (χ2n) is 9.31. The first-order chi connectivity index (χ1) is 17.1. The van der Waals surface area contributed by atoms with Crippen molar-refractivity contribution in [3.05, 3.63) is 29.5 Å². The van der Waals surface area contributed by atoms with E-state index in [0.29, 0.717) is 61.3 Å². The SMILES string of the molecule is COCCN[C@H]1CC[C@H](Nc2cc(-c3ccnc(NCC4(C#N)CCOCC4)n3)c(Cl)cn2)CC1. The van der Waals surface area contributed by atoms with Gasteiger partial charge in [-0.25, -0.2) is 15.0 Å². The third-order valence-electron chi connectivity index (χ3n) is 6.88. The highest BCUT2D eigenvalue weighted by Crippen LogP contribution is 2.31. The number of nitrogens with zero attached hydrogens (tertiary/aromatic N) is 4. The first-order valence-electron chi connectivity index (χ1n) is 12.3. The fraction of sp³-hybridized carbons (Fsp3) is 0.600. The number of hydrogen-bond acceptors (Lipinski definition) is 9. The Morgan fingerprint density at radius 3 is 2.71 bits per heavy atom. The van der Waals surface area contributed by atoms with Crippen LogP contribution < -0.4 is 16.0 Å². The van der Waals surface area contributed by atoms with Crippen LogP contribution in [0.2, 0.25) is 5.02 Å². The van der Waals surface area contributed by atoms with E-state index in [9.17, 15) is 5.26 Å². The average Bonchev–Trinajstić information content (AvgIpc) is 2.90. The van der Waals surface area contributed by atoms with Gasteiger partial charge in [-0.3, -0.25) is 0 Å². The van der Waals surface area contributed by atoms with Crippen LogP contribution in [0.1, 0.15) is 38.5 Å². The molecule has 3 heterocycles. The van der Waals surface area contributed by atoms with E-state index in [1.54, 1.807) is 19.5 Å². The Hall–Kier alpha value is -2.51. The molecule has 1 aliphatic carbocycles. The van der Waals surface area contributed by atoms with Gasteiger partial charge in [0.1, 0.15) is 5.82 Å². The summed E-state index contributed by atoms with van der Waals surface area (Å²) in [5.41, 5.74) is 1.05. The Kier molecular flexibility index (Phi) is 9.10. The van der Waals surface area contributed by atoms with Crippen molar-refractivity contribution in [3.63, 3.8) is 0 Å². The lowest BCUT2D eigenvalue weighted by atomic mass is 9.82. The van der Waals surface area contributed by atoms with Crippen LogP contribution in [0.15, 0.2) is 24.5 Å². The zero-order valence-electron chi connectivity index (χ0n) is 20.2. The van der Waals surface area contributed by atoms with Crippen LogP contribution in [0.5, 0.6) is 0 Å². The lowest BCUT2D eigenvalue weighted by Gasteiger charge is -2.30. The normalized spacial score (nSPS) is 21.7. The molecule has 0 unspecified atom stereocenters. The highest BCUT2D eigenvalue weighted by Gasteiger charge is 2.32. The van der Waals surface area contributed by atoms with Crippen molar-refractivity contribution in [3.8, 4) is 17.3 Å². The number of pyridine rings is 1. The Morgan fingerprint density at radius 1 is 1.20 bits per heavy atom. The lowest BCUT2D eigenvalue weighted by Crippen LogP contribution is -2.38. The third kappa shape index (κ3) is 7.01. The monoisotopic (exact) mass is 499 g/mol. The molecule has 10 heteroatoms. The summed E-state index contributed by atoms with van der Waals surface area (Å²) in [5, 5.41) is 20.6. The number of methoxy groups -OCH3 is 1. The first kappa shape index (κ1) is 25.6. The molecule has 35 heavy (non-hydrogen) atoms. The molecular weight excluding hydrogens is 466 g/mol. The van der Waals surface area contributed by atoms with Crippen LogP contribution in [0.4, 0.5) is 11.8 Å². The van der Waals surface area contributed by atoms with Crippen molar-refractivity contribution >= 4 is 23.4 Å². The van der Waals surface area contributed by atoms with Crippen molar-refractivity contribution in [2.45, 2.75) is 50.6 Å². The topological polar surface area (TPSA) is 117 Å². The summed E-state index contributed by atoms with van der Waals surface area (Å²) in [6, 6.07) is 7.17. The molecule has 9 nitrogen and oxygen atoms in total. The maximum Gasteiger partial charge on any atom is 0.223 e. The molecular formula is C25H34ClN7O2. The van der Waals surface area contributed by atoms with E-state index in [-0.39, 0.29) is 0 Å². The van der Waals surface area contributed by atoms with E-state index >= 15 is 0 Å². The Labute approximate surface area is 212 Å². The number of nitriles is 1. The maximum atomic E-state index is 9.69. The summed E-state index contributed by atoms with van der Waals surface area (Å²) in [5.74, 6) is 1.27. The molecule has 2 aromatic rings. The number of ether oxygens (including phenoxy) is 2. The first-order valence-corrected chi connectivity index (χ1v) is 12.7. The lowest BCUT2D eigenvalue weighted by molar-refractivity contribution is 0.0455. The predicted molar refractivity (Wildman–Crippen MR) is 136 cm³/mol. The third-order valence-corrected chi connectivity index (χ3v) is 7.18. The van der Waals surface area contributed by atoms with E-state index in [2.05, 4.69) is 37.0 Å². The molecule has 3 N–H and O–H groups in total. The summed E-state index contributed by atoms with van der Waals surface area (Å²) in [6.07, 6.45) is 9.18. The van der Waals surface area contributed by atoms with Gasteiger partial charge in [0.25, 0.3) is 0 Å². The quantitative estimate of drug-likeness (QED) is 0.418. The second kappa shape index (κ2) is 12.5.